The fourth-order valence-corrected chi connectivity index (χ4v) is 5.05. The van der Waals surface area contributed by atoms with Crippen LogP contribution < -0.4 is 10.5 Å². The standard InChI is InChI=1S/C18H27N5O4S3/c1-9(2)14(13-7-10(3)11(4)27-13)21-17(22-28)16(19)20-12-8-29-18(15(12)24)30(25,26)23(5)6/h7-9,14,24,28H,1-6H3,(H2,19,20)(H,21,22)/t14-/m1/s1. The number of sulfonamides is 1. The number of nitrogens with two attached hydrogens (primary N) is 1. The Bertz CT molecular complexity index is 1050. The van der Waals surface area contributed by atoms with Crippen molar-refractivity contribution in [2.75, 3.05) is 14.1 Å². The van der Waals surface area contributed by atoms with Gasteiger partial charge in [-0.25, -0.2) is 17.7 Å². The molecule has 0 amide bonds. The molecule has 0 aromatic carbocycles. The molecule has 166 valence electrons. The third-order valence-electron chi connectivity index (χ3n) is 4.39. The van der Waals surface area contributed by atoms with Crippen LogP contribution in [0.15, 0.2) is 30.1 Å². The number of hydrogen-bond donors (Lipinski definition) is 4. The summed E-state index contributed by atoms with van der Waals surface area (Å²) in [6.45, 7) is 7.82. The lowest BCUT2D eigenvalue weighted by Crippen LogP contribution is -2.32. The van der Waals surface area contributed by atoms with E-state index in [0.29, 0.717) is 5.76 Å². The largest absolute Gasteiger partial charge is 0.504 e. The molecule has 0 fully saturated rings. The highest BCUT2D eigenvalue weighted by molar-refractivity contribution is 7.91. The first-order valence-electron chi connectivity index (χ1n) is 9.02. The molecule has 30 heavy (non-hydrogen) atoms. The maximum atomic E-state index is 12.3. The van der Waals surface area contributed by atoms with E-state index in [1.807, 2.05) is 33.8 Å². The van der Waals surface area contributed by atoms with Crippen LogP contribution in [0.2, 0.25) is 0 Å². The number of nitrogens with one attached hydrogen (secondary N) is 1. The number of aromatic hydroxyl groups is 1. The molecule has 12 heteroatoms. The number of hydrogen-bond acceptors (Lipinski definition) is 8. The average molecular weight is 474 g/mol. The van der Waals surface area contributed by atoms with Gasteiger partial charge in [0.15, 0.2) is 21.6 Å². The monoisotopic (exact) mass is 473 g/mol. The number of aryl methyl sites for hydroxylation is 2. The van der Waals surface area contributed by atoms with Gasteiger partial charge in [0.2, 0.25) is 0 Å². The van der Waals surface area contributed by atoms with E-state index < -0.39 is 15.8 Å². The van der Waals surface area contributed by atoms with Crippen molar-refractivity contribution in [3.05, 3.63) is 28.5 Å². The second-order valence-corrected chi connectivity index (χ2v) is 10.7. The fourth-order valence-electron chi connectivity index (χ4n) is 2.52. The molecule has 0 spiro atoms. The van der Waals surface area contributed by atoms with Gasteiger partial charge in [0.05, 0.1) is 0 Å². The van der Waals surface area contributed by atoms with Gasteiger partial charge in [-0.2, -0.15) is 0 Å². The van der Waals surface area contributed by atoms with Crippen LogP contribution >= 0.6 is 24.2 Å². The Morgan fingerprint density at radius 2 is 2.00 bits per heavy atom. The van der Waals surface area contributed by atoms with E-state index in [0.717, 1.165) is 27.0 Å². The molecular weight excluding hydrogens is 446 g/mol. The van der Waals surface area contributed by atoms with E-state index in [1.54, 1.807) is 0 Å². The zero-order chi connectivity index (χ0) is 22.8. The summed E-state index contributed by atoms with van der Waals surface area (Å²) < 4.78 is 33.8. The molecule has 0 bridgehead atoms. The minimum absolute atomic E-state index is 0.0278. The Morgan fingerprint density at radius 3 is 2.47 bits per heavy atom. The first kappa shape index (κ1) is 24.3. The van der Waals surface area contributed by atoms with Gasteiger partial charge in [-0.15, -0.1) is 11.3 Å². The fraction of sp³-hybridized carbons (Fsp3) is 0.444. The predicted octanol–water partition coefficient (Wildman–Crippen LogP) is 3.13. The zero-order valence-electron chi connectivity index (χ0n) is 17.7. The molecule has 0 aliphatic heterocycles. The van der Waals surface area contributed by atoms with Crippen molar-refractivity contribution in [1.82, 2.24) is 9.03 Å². The zero-order valence-corrected chi connectivity index (χ0v) is 20.2. The minimum atomic E-state index is -3.80. The Labute approximate surface area is 186 Å². The maximum absolute atomic E-state index is 12.3. The molecule has 0 aliphatic rings. The number of amidine groups is 2. The van der Waals surface area contributed by atoms with Crippen molar-refractivity contribution in [1.29, 1.82) is 0 Å². The molecule has 1 atom stereocenters. The first-order chi connectivity index (χ1) is 13.9. The summed E-state index contributed by atoms with van der Waals surface area (Å²) in [6.07, 6.45) is 0. The van der Waals surface area contributed by atoms with Crippen molar-refractivity contribution < 1.29 is 17.9 Å². The lowest BCUT2D eigenvalue weighted by Gasteiger charge is -2.16. The Morgan fingerprint density at radius 1 is 1.37 bits per heavy atom. The van der Waals surface area contributed by atoms with E-state index in [1.165, 1.54) is 19.5 Å². The smallest absolute Gasteiger partial charge is 0.255 e. The number of nitrogens with zero attached hydrogens (tertiary/aromatic N) is 3. The van der Waals surface area contributed by atoms with E-state index in [-0.39, 0.29) is 33.5 Å². The highest BCUT2D eigenvalue weighted by Crippen LogP contribution is 2.40. The Kier molecular flexibility index (Phi) is 7.61. The SMILES string of the molecule is Cc1cc([C@H](N=C(NS)C(N)=Nc2csc(S(=O)(=O)N(C)C)c2O)C(C)C)oc1C. The van der Waals surface area contributed by atoms with Crippen molar-refractivity contribution in [3.8, 4) is 5.75 Å². The van der Waals surface area contributed by atoms with Crippen LogP contribution in [0.4, 0.5) is 5.69 Å². The third-order valence-corrected chi connectivity index (χ3v) is 7.90. The number of rotatable bonds is 6. The number of furan rings is 1. The van der Waals surface area contributed by atoms with Gasteiger partial charge in [-0.3, -0.25) is 4.99 Å². The maximum Gasteiger partial charge on any atom is 0.255 e. The van der Waals surface area contributed by atoms with Crippen molar-refractivity contribution in [3.63, 3.8) is 0 Å². The molecule has 2 aromatic heterocycles. The molecule has 2 rings (SSSR count). The van der Waals surface area contributed by atoms with Gasteiger partial charge in [0.1, 0.15) is 23.2 Å². The van der Waals surface area contributed by atoms with Crippen LogP contribution in [-0.4, -0.2) is 43.6 Å². The first-order valence-corrected chi connectivity index (χ1v) is 11.8. The third kappa shape index (κ3) is 4.99. The van der Waals surface area contributed by atoms with Crippen LogP contribution in [0.5, 0.6) is 5.75 Å². The van der Waals surface area contributed by atoms with Crippen molar-refractivity contribution in [2.24, 2.45) is 21.6 Å². The highest BCUT2D eigenvalue weighted by atomic mass is 32.2. The quantitative estimate of drug-likeness (QED) is 0.289. The summed E-state index contributed by atoms with van der Waals surface area (Å²) in [5.41, 5.74) is 7.13. The topological polar surface area (TPSA) is 134 Å². The van der Waals surface area contributed by atoms with Gasteiger partial charge >= 0.3 is 0 Å². The molecule has 0 unspecified atom stereocenters. The summed E-state index contributed by atoms with van der Waals surface area (Å²) in [5.74, 6) is 1.24. The van der Waals surface area contributed by atoms with Gasteiger partial charge in [0, 0.05) is 19.5 Å². The summed E-state index contributed by atoms with van der Waals surface area (Å²) >= 11 is 4.93. The Balaban J connectivity index is 2.45. The molecule has 2 heterocycles. The molecule has 2 aromatic rings. The van der Waals surface area contributed by atoms with Crippen LogP contribution in [0, 0.1) is 19.8 Å². The van der Waals surface area contributed by atoms with Crippen LogP contribution in [0.3, 0.4) is 0 Å². The van der Waals surface area contributed by atoms with E-state index >= 15 is 0 Å². The molecule has 4 N–H and O–H groups in total. The second-order valence-electron chi connectivity index (χ2n) is 7.21. The van der Waals surface area contributed by atoms with Gasteiger partial charge < -0.3 is 20.0 Å². The second kappa shape index (κ2) is 9.41. The number of thiophene rings is 1. The van der Waals surface area contributed by atoms with Gasteiger partial charge in [-0.1, -0.05) is 26.7 Å². The van der Waals surface area contributed by atoms with Crippen LogP contribution in [0.1, 0.15) is 37.0 Å². The lowest BCUT2D eigenvalue weighted by atomic mass is 10.0. The highest BCUT2D eigenvalue weighted by Gasteiger charge is 2.26. The summed E-state index contributed by atoms with van der Waals surface area (Å²) in [6, 6.07) is 1.58. The Hall–Kier alpha value is -2.02. The van der Waals surface area contributed by atoms with E-state index in [2.05, 4.69) is 27.5 Å². The predicted molar refractivity (Wildman–Crippen MR) is 123 cm³/mol. The lowest BCUT2D eigenvalue weighted by molar-refractivity contribution is 0.393. The molecular formula is C18H27N5O4S3. The summed E-state index contributed by atoms with van der Waals surface area (Å²) in [4.78, 5) is 8.75. The van der Waals surface area contributed by atoms with Crippen LogP contribution in [-0.2, 0) is 10.0 Å². The molecule has 9 nitrogen and oxygen atoms in total. The normalized spacial score (nSPS) is 14.6. The number of thiol groups is 1. The molecule has 0 saturated heterocycles. The van der Waals surface area contributed by atoms with Crippen molar-refractivity contribution in [2.45, 2.75) is 37.9 Å². The molecule has 0 radical (unpaired) electrons. The molecule has 0 aliphatic carbocycles. The minimum Gasteiger partial charge on any atom is -0.504 e. The van der Waals surface area contributed by atoms with Crippen LogP contribution in [0.25, 0.3) is 0 Å². The van der Waals surface area contributed by atoms with Crippen molar-refractivity contribution >= 4 is 51.5 Å². The summed E-state index contributed by atoms with van der Waals surface area (Å²) in [7, 11) is -1.04. The van der Waals surface area contributed by atoms with Gasteiger partial charge in [-0.05, 0) is 31.4 Å². The van der Waals surface area contributed by atoms with E-state index in [9.17, 15) is 13.5 Å². The van der Waals surface area contributed by atoms with E-state index in [4.69, 9.17) is 10.2 Å². The number of aliphatic imine (C=N–C) groups is 2. The molecule has 0 saturated carbocycles. The average Bonchev–Trinajstić information content (AvgIpc) is 3.18. The summed E-state index contributed by atoms with van der Waals surface area (Å²) in [5, 5.41) is 11.8. The van der Waals surface area contributed by atoms with Gasteiger partial charge in [0.25, 0.3) is 10.0 Å².